The van der Waals surface area contributed by atoms with E-state index in [1.54, 1.807) is 19.9 Å². The first-order chi connectivity index (χ1) is 7.50. The molecule has 0 bridgehead atoms. The monoisotopic (exact) mass is 247 g/mol. The van der Waals surface area contributed by atoms with E-state index in [4.69, 9.17) is 14.8 Å². The van der Waals surface area contributed by atoms with Crippen molar-refractivity contribution in [1.29, 1.82) is 0 Å². The number of rotatable bonds is 6. The average molecular weight is 247 g/mol. The van der Waals surface area contributed by atoms with Crippen LogP contribution < -0.4 is 5.73 Å². The topological polar surface area (TPSA) is 79.4 Å². The molecule has 1 heterocycles. The van der Waals surface area contributed by atoms with Gasteiger partial charge in [-0.3, -0.25) is 4.57 Å². The molecule has 1 aromatic rings. The Bertz CT molecular complexity index is 381. The number of aryl methyl sites for hydroxylation is 1. The van der Waals surface area contributed by atoms with Crippen molar-refractivity contribution in [3.8, 4) is 0 Å². The predicted molar refractivity (Wildman–Crippen MR) is 62.2 cm³/mol. The van der Waals surface area contributed by atoms with Gasteiger partial charge in [-0.25, -0.2) is 4.68 Å². The summed E-state index contributed by atoms with van der Waals surface area (Å²) < 4.78 is 23.9. The van der Waals surface area contributed by atoms with Gasteiger partial charge in [0.15, 0.2) is 0 Å². The molecule has 92 valence electrons. The van der Waals surface area contributed by atoms with E-state index in [0.29, 0.717) is 19.0 Å². The first-order valence-corrected chi connectivity index (χ1v) is 6.91. The van der Waals surface area contributed by atoms with E-state index >= 15 is 0 Å². The van der Waals surface area contributed by atoms with Gasteiger partial charge < -0.3 is 14.8 Å². The van der Waals surface area contributed by atoms with Crippen LogP contribution in [0.5, 0.6) is 0 Å². The molecule has 6 nitrogen and oxygen atoms in total. The maximum atomic E-state index is 12.2. The molecule has 0 atom stereocenters. The molecule has 0 fully saturated rings. The van der Waals surface area contributed by atoms with E-state index < -0.39 is 7.60 Å². The smallest absolute Gasteiger partial charge is 0.352 e. The Kier molecular flexibility index (Phi) is 4.53. The first-order valence-electron chi connectivity index (χ1n) is 5.18. The van der Waals surface area contributed by atoms with Crippen molar-refractivity contribution in [3.05, 3.63) is 11.8 Å². The molecule has 16 heavy (non-hydrogen) atoms. The van der Waals surface area contributed by atoms with Gasteiger partial charge in [0.05, 0.1) is 18.9 Å². The predicted octanol–water partition coefficient (Wildman–Crippen LogP) is 2.00. The van der Waals surface area contributed by atoms with E-state index in [-0.39, 0.29) is 6.29 Å². The third-order valence-corrected chi connectivity index (χ3v) is 3.81. The van der Waals surface area contributed by atoms with Crippen molar-refractivity contribution < 1.29 is 13.6 Å². The van der Waals surface area contributed by atoms with E-state index in [0.717, 1.165) is 5.69 Å². The van der Waals surface area contributed by atoms with Crippen LogP contribution in [0.25, 0.3) is 0 Å². The molecule has 2 N–H and O–H groups in total. The number of hydrogen-bond acceptors (Lipinski definition) is 5. The van der Waals surface area contributed by atoms with Crippen LogP contribution in [-0.4, -0.2) is 23.0 Å². The fraction of sp³-hybridized carbons (Fsp3) is 0.667. The Morgan fingerprint density at radius 1 is 1.44 bits per heavy atom. The summed E-state index contributed by atoms with van der Waals surface area (Å²) in [5, 5.41) is 4.12. The van der Waals surface area contributed by atoms with Crippen molar-refractivity contribution >= 4 is 13.4 Å². The minimum atomic E-state index is -3.13. The lowest BCUT2D eigenvalue weighted by atomic mass is 10.5. The van der Waals surface area contributed by atoms with E-state index in [2.05, 4.69) is 5.10 Å². The van der Waals surface area contributed by atoms with Crippen LogP contribution >= 0.6 is 7.60 Å². The highest BCUT2D eigenvalue weighted by molar-refractivity contribution is 7.52. The van der Waals surface area contributed by atoms with Crippen LogP contribution in [0.15, 0.2) is 6.07 Å². The number of aromatic nitrogens is 2. The third kappa shape index (κ3) is 3.33. The summed E-state index contributed by atoms with van der Waals surface area (Å²) in [6, 6.07) is 1.71. The van der Waals surface area contributed by atoms with Crippen molar-refractivity contribution in [2.75, 3.05) is 18.9 Å². The Morgan fingerprint density at radius 3 is 2.38 bits per heavy atom. The molecule has 0 spiro atoms. The molecule has 0 saturated heterocycles. The molecular formula is C9H18N3O3P. The van der Waals surface area contributed by atoms with Crippen molar-refractivity contribution in [1.82, 2.24) is 9.78 Å². The molecule has 0 aliphatic heterocycles. The number of nitrogens with two attached hydrogens (primary N) is 1. The number of anilines is 1. The van der Waals surface area contributed by atoms with Gasteiger partial charge in [-0.05, 0) is 20.8 Å². The lowest BCUT2D eigenvalue weighted by Crippen LogP contribution is -2.09. The molecule has 0 aromatic carbocycles. The summed E-state index contributed by atoms with van der Waals surface area (Å²) in [7, 11) is -3.13. The van der Waals surface area contributed by atoms with Gasteiger partial charge in [0.2, 0.25) is 0 Å². The van der Waals surface area contributed by atoms with Gasteiger partial charge in [-0.15, -0.1) is 0 Å². The number of nitrogen functional groups attached to an aromatic ring is 1. The zero-order valence-corrected chi connectivity index (χ0v) is 10.7. The number of hydrogen-bond donors (Lipinski definition) is 1. The van der Waals surface area contributed by atoms with Crippen LogP contribution in [-0.2, 0) is 19.9 Å². The van der Waals surface area contributed by atoms with Gasteiger partial charge in [0.1, 0.15) is 12.1 Å². The molecule has 0 radical (unpaired) electrons. The Hall–Kier alpha value is -0.840. The lowest BCUT2D eigenvalue weighted by molar-refractivity contribution is 0.213. The summed E-state index contributed by atoms with van der Waals surface area (Å²) >= 11 is 0. The quantitative estimate of drug-likeness (QED) is 0.777. The van der Waals surface area contributed by atoms with Gasteiger partial charge in [0.25, 0.3) is 0 Å². The molecule has 0 aliphatic rings. The normalized spacial score (nSPS) is 11.9. The van der Waals surface area contributed by atoms with Crippen molar-refractivity contribution in [2.24, 2.45) is 0 Å². The van der Waals surface area contributed by atoms with Gasteiger partial charge in [-0.1, -0.05) is 0 Å². The third-order valence-electron chi connectivity index (χ3n) is 1.89. The Labute approximate surface area is 95.3 Å². The molecule has 0 saturated carbocycles. The second kappa shape index (κ2) is 5.48. The van der Waals surface area contributed by atoms with E-state index in [1.807, 2.05) is 6.92 Å². The SMILES string of the molecule is CCOP(=O)(Cn1nc(C)cc1N)OCC. The van der Waals surface area contributed by atoms with Crippen molar-refractivity contribution in [2.45, 2.75) is 27.1 Å². The fourth-order valence-corrected chi connectivity index (χ4v) is 2.93. The van der Waals surface area contributed by atoms with Crippen LogP contribution in [0, 0.1) is 6.92 Å². The molecule has 0 unspecified atom stereocenters. The Morgan fingerprint density at radius 2 is 2.00 bits per heavy atom. The van der Waals surface area contributed by atoms with Crippen LogP contribution in [0.3, 0.4) is 0 Å². The number of nitrogens with zero attached hydrogens (tertiary/aromatic N) is 2. The van der Waals surface area contributed by atoms with Gasteiger partial charge in [-0.2, -0.15) is 5.10 Å². The molecular weight excluding hydrogens is 229 g/mol. The molecule has 1 aromatic heterocycles. The first kappa shape index (κ1) is 13.2. The highest BCUT2D eigenvalue weighted by Crippen LogP contribution is 2.49. The van der Waals surface area contributed by atoms with Gasteiger partial charge in [0, 0.05) is 6.07 Å². The highest BCUT2D eigenvalue weighted by atomic mass is 31.2. The molecule has 7 heteroatoms. The summed E-state index contributed by atoms with van der Waals surface area (Å²) in [6.07, 6.45) is 0.0500. The maximum Gasteiger partial charge on any atom is 0.352 e. The largest absolute Gasteiger partial charge is 0.384 e. The van der Waals surface area contributed by atoms with E-state index in [9.17, 15) is 4.57 Å². The van der Waals surface area contributed by atoms with Crippen LogP contribution in [0.2, 0.25) is 0 Å². The average Bonchev–Trinajstić information content (AvgIpc) is 2.45. The molecule has 0 aliphatic carbocycles. The minimum absolute atomic E-state index is 0.0500. The zero-order valence-electron chi connectivity index (χ0n) is 9.84. The second-order valence-electron chi connectivity index (χ2n) is 3.30. The fourth-order valence-electron chi connectivity index (χ4n) is 1.36. The van der Waals surface area contributed by atoms with E-state index in [1.165, 1.54) is 4.68 Å². The summed E-state index contributed by atoms with van der Waals surface area (Å²) in [5.41, 5.74) is 6.48. The minimum Gasteiger partial charge on any atom is -0.384 e. The standard InChI is InChI=1S/C9H18N3O3P/c1-4-14-16(13,15-5-2)7-12-9(10)6-8(3)11-12/h6H,4-5,7,10H2,1-3H3. The molecule has 0 amide bonds. The van der Waals surface area contributed by atoms with Crippen LogP contribution in [0.4, 0.5) is 5.82 Å². The summed E-state index contributed by atoms with van der Waals surface area (Å²) in [6.45, 7) is 6.01. The summed E-state index contributed by atoms with van der Waals surface area (Å²) in [4.78, 5) is 0. The maximum absolute atomic E-state index is 12.2. The molecule has 1 rings (SSSR count). The highest BCUT2D eigenvalue weighted by Gasteiger charge is 2.25. The van der Waals surface area contributed by atoms with Crippen molar-refractivity contribution in [3.63, 3.8) is 0 Å². The Balaban J connectivity index is 2.83. The second-order valence-corrected chi connectivity index (χ2v) is 5.32. The van der Waals surface area contributed by atoms with Crippen LogP contribution in [0.1, 0.15) is 19.5 Å². The van der Waals surface area contributed by atoms with Gasteiger partial charge >= 0.3 is 7.60 Å². The zero-order chi connectivity index (χ0) is 12.2. The summed E-state index contributed by atoms with van der Waals surface area (Å²) in [5.74, 6) is 0.456. The lowest BCUT2D eigenvalue weighted by Gasteiger charge is -2.17.